The molecule has 2 aromatic rings. The van der Waals surface area contributed by atoms with Crippen LogP contribution >= 0.6 is 44.0 Å². The molecule has 1 aliphatic rings. The van der Waals surface area contributed by atoms with Crippen LogP contribution in [0.3, 0.4) is 0 Å². The number of nitrogens with zero attached hydrogens (tertiary/aromatic N) is 4. The number of aliphatic hydroxyl groups is 2. The zero-order valence-electron chi connectivity index (χ0n) is 27.0. The maximum atomic E-state index is 13.5. The molecule has 0 bridgehead atoms. The van der Waals surface area contributed by atoms with Crippen molar-refractivity contribution in [1.82, 2.24) is 19.6 Å². The summed E-state index contributed by atoms with van der Waals surface area (Å²) in [5.74, 6) is -0.644. The number of aliphatic hydroxyl groups excluding tert-OH is 2. The van der Waals surface area contributed by atoms with E-state index in [1.54, 1.807) is 33.1 Å². The smallest absolute Gasteiger partial charge is 0.261 e. The van der Waals surface area contributed by atoms with E-state index in [4.69, 9.17) is 0 Å². The highest BCUT2D eigenvalue weighted by atomic mass is 33.1. The Morgan fingerprint density at radius 3 is 1.93 bits per heavy atom. The Bertz CT molecular complexity index is 1360. The van der Waals surface area contributed by atoms with Gasteiger partial charge in [0, 0.05) is 54.6 Å². The summed E-state index contributed by atoms with van der Waals surface area (Å²) in [6.45, 7) is -0.494. The lowest BCUT2D eigenvalue weighted by atomic mass is 9.98. The van der Waals surface area contributed by atoms with E-state index < -0.39 is 22.3 Å². The van der Waals surface area contributed by atoms with E-state index in [-0.39, 0.29) is 37.3 Å². The van der Waals surface area contributed by atoms with Gasteiger partial charge in [-0.05, 0) is 41.5 Å². The summed E-state index contributed by atoms with van der Waals surface area (Å²) < 4.78 is 0. The number of hydrogen-bond donors (Lipinski definition) is 3. The van der Waals surface area contributed by atoms with E-state index in [1.165, 1.54) is 43.3 Å². The molecule has 1 saturated heterocycles. The van der Waals surface area contributed by atoms with Gasteiger partial charge >= 0.3 is 0 Å². The standard InChI is InChI=1S/C32H44N4O6S4/c1-33(2)29(41)32(22-38,45-43)35(4)27(39)17-16-25-10-8-23(9-11-25)6-7-24-12-14-26(15-13-24)20-31(30(42)34(3)18-19-37)36(5)28(40)21-44-46-31/h8-15,37-38,43H,6-7,16-22H2,1-5H3/t31?,32-/m0/s1. The molecule has 4 amide bonds. The normalized spacial score (nSPS) is 17.7. The number of carbonyl (C=O) groups is 4. The number of aryl methyl sites for hydroxylation is 3. The molecule has 2 N–H and O–H groups in total. The van der Waals surface area contributed by atoms with E-state index in [0.717, 1.165) is 45.9 Å². The minimum atomic E-state index is -1.48. The second-order valence-corrected chi connectivity index (χ2v) is 15.5. The largest absolute Gasteiger partial charge is 0.395 e. The molecule has 0 aromatic heterocycles. The van der Waals surface area contributed by atoms with Crippen LogP contribution in [0.2, 0.25) is 0 Å². The lowest BCUT2D eigenvalue weighted by Gasteiger charge is -2.44. The molecular weight excluding hydrogens is 665 g/mol. The van der Waals surface area contributed by atoms with Crippen molar-refractivity contribution in [2.45, 2.75) is 41.8 Å². The van der Waals surface area contributed by atoms with Crippen molar-refractivity contribution in [3.8, 4) is 0 Å². The van der Waals surface area contributed by atoms with Gasteiger partial charge in [-0.1, -0.05) is 80.9 Å². The Labute approximate surface area is 288 Å². The van der Waals surface area contributed by atoms with Gasteiger partial charge < -0.3 is 29.8 Å². The summed E-state index contributed by atoms with van der Waals surface area (Å²) in [6, 6.07) is 16.2. The number of rotatable bonds is 15. The fourth-order valence-corrected chi connectivity index (χ4v) is 9.48. The molecular formula is C32H44N4O6S4. The first kappa shape index (κ1) is 38.1. The van der Waals surface area contributed by atoms with Gasteiger partial charge in [-0.15, -0.1) is 11.7 Å². The van der Waals surface area contributed by atoms with Crippen LogP contribution in [0.5, 0.6) is 0 Å². The summed E-state index contributed by atoms with van der Waals surface area (Å²) in [5, 5.41) is 19.3. The Kier molecular flexibility index (Phi) is 14.2. The first-order valence-corrected chi connectivity index (χ1v) is 19.0. The molecule has 0 saturated carbocycles. The quantitative estimate of drug-likeness (QED) is 0.146. The first-order chi connectivity index (χ1) is 21.8. The highest BCUT2D eigenvalue weighted by molar-refractivity contribution is 8.77. The minimum Gasteiger partial charge on any atom is -0.395 e. The van der Waals surface area contributed by atoms with Gasteiger partial charge in [0.15, 0.2) is 4.87 Å². The molecule has 0 radical (unpaired) electrons. The van der Waals surface area contributed by atoms with E-state index in [2.05, 4.69) is 35.9 Å². The summed E-state index contributed by atoms with van der Waals surface area (Å²) in [7, 11) is 11.6. The fraction of sp³-hybridized carbons (Fsp3) is 0.500. The molecule has 0 spiro atoms. The topological polar surface area (TPSA) is 122 Å². The molecule has 10 nitrogen and oxygen atoms in total. The molecule has 2 atom stereocenters. The van der Waals surface area contributed by atoms with E-state index in [1.807, 2.05) is 24.3 Å². The third-order valence-electron chi connectivity index (χ3n) is 8.25. The second kappa shape index (κ2) is 17.2. The first-order valence-electron chi connectivity index (χ1n) is 14.9. The predicted octanol–water partition coefficient (Wildman–Crippen LogP) is 2.76. The Balaban J connectivity index is 1.59. The van der Waals surface area contributed by atoms with Crippen LogP contribution in [-0.2, 0) is 44.9 Å². The van der Waals surface area contributed by atoms with E-state index in [9.17, 15) is 29.4 Å². The highest BCUT2D eigenvalue weighted by Crippen LogP contribution is 2.45. The number of hydrogen-bond acceptors (Lipinski definition) is 10. The predicted molar refractivity (Wildman–Crippen MR) is 190 cm³/mol. The lowest BCUT2D eigenvalue weighted by molar-refractivity contribution is -0.146. The molecule has 252 valence electrons. The van der Waals surface area contributed by atoms with Gasteiger partial charge in [0.25, 0.3) is 11.8 Å². The van der Waals surface area contributed by atoms with Crippen molar-refractivity contribution in [2.75, 3.05) is 60.7 Å². The maximum absolute atomic E-state index is 13.5. The molecule has 3 rings (SSSR count). The lowest BCUT2D eigenvalue weighted by Crippen LogP contribution is -2.60. The van der Waals surface area contributed by atoms with E-state index >= 15 is 0 Å². The van der Waals surface area contributed by atoms with Crippen LogP contribution in [-0.4, -0.2) is 124 Å². The van der Waals surface area contributed by atoms with Gasteiger partial charge in [-0.3, -0.25) is 19.2 Å². The number of benzene rings is 2. The average molecular weight is 709 g/mol. The zero-order valence-corrected chi connectivity index (χ0v) is 30.3. The summed E-state index contributed by atoms with van der Waals surface area (Å²) in [5.41, 5.74) is 4.25. The van der Waals surface area contributed by atoms with Crippen LogP contribution in [0.25, 0.3) is 0 Å². The molecule has 1 heterocycles. The number of amides is 4. The molecule has 1 fully saturated rings. The third-order valence-corrected chi connectivity index (χ3v) is 12.9. The molecule has 46 heavy (non-hydrogen) atoms. The summed E-state index contributed by atoms with van der Waals surface area (Å²) >= 11 is 4.19. The van der Waals surface area contributed by atoms with Crippen LogP contribution in [0, 0.1) is 0 Å². The van der Waals surface area contributed by atoms with Crippen LogP contribution in [0.1, 0.15) is 28.7 Å². The second-order valence-electron chi connectivity index (χ2n) is 11.5. The van der Waals surface area contributed by atoms with Gasteiger partial charge in [0.1, 0.15) is 0 Å². The van der Waals surface area contributed by atoms with Crippen molar-refractivity contribution in [3.63, 3.8) is 0 Å². The zero-order chi connectivity index (χ0) is 34.1. The average Bonchev–Trinajstić information content (AvgIpc) is 3.06. The van der Waals surface area contributed by atoms with Crippen LogP contribution in [0.15, 0.2) is 48.5 Å². The van der Waals surface area contributed by atoms with Crippen molar-refractivity contribution in [1.29, 1.82) is 0 Å². The molecule has 2 aromatic carbocycles. The Morgan fingerprint density at radius 2 is 1.46 bits per heavy atom. The van der Waals surface area contributed by atoms with Crippen molar-refractivity contribution in [2.24, 2.45) is 0 Å². The van der Waals surface area contributed by atoms with E-state index in [0.29, 0.717) is 18.6 Å². The molecule has 14 heteroatoms. The molecule has 1 unspecified atom stereocenters. The Morgan fingerprint density at radius 1 is 0.935 bits per heavy atom. The Hall–Kier alpha value is -2.36. The number of thiol groups is 1. The SMILES string of the molecule is CN(C)C(=O)[C@](CO)(SS)N(C)C(=O)CCc1ccc(CCc2ccc(CC3(C(=O)N(C)CCO)SSCC(=O)N3C)cc2)cc1. The van der Waals surface area contributed by atoms with Crippen molar-refractivity contribution >= 4 is 67.7 Å². The van der Waals surface area contributed by atoms with Gasteiger partial charge in [0.2, 0.25) is 16.7 Å². The summed E-state index contributed by atoms with van der Waals surface area (Å²) in [4.78, 5) is 54.8. The van der Waals surface area contributed by atoms with Crippen molar-refractivity contribution in [3.05, 3.63) is 70.8 Å². The fourth-order valence-electron chi connectivity index (χ4n) is 5.16. The number of likely N-dealkylation sites (N-methyl/N-ethyl adjacent to an activating group) is 4. The van der Waals surface area contributed by atoms with Crippen LogP contribution < -0.4 is 0 Å². The van der Waals surface area contributed by atoms with Gasteiger partial charge in [-0.25, -0.2) is 0 Å². The molecule has 1 aliphatic heterocycles. The number of carbonyl (C=O) groups excluding carboxylic acids is 4. The van der Waals surface area contributed by atoms with Gasteiger partial charge in [0.05, 0.1) is 19.0 Å². The van der Waals surface area contributed by atoms with Crippen LogP contribution in [0.4, 0.5) is 0 Å². The van der Waals surface area contributed by atoms with Crippen molar-refractivity contribution < 1.29 is 29.4 Å². The summed E-state index contributed by atoms with van der Waals surface area (Å²) in [6.07, 6.45) is 2.69. The maximum Gasteiger partial charge on any atom is 0.261 e. The minimum absolute atomic E-state index is 0.0936. The monoisotopic (exact) mass is 708 g/mol. The van der Waals surface area contributed by atoms with Gasteiger partial charge in [-0.2, -0.15) is 0 Å². The molecule has 0 aliphatic carbocycles. The highest BCUT2D eigenvalue weighted by Gasteiger charge is 2.50. The third kappa shape index (κ3) is 8.75.